The van der Waals surface area contributed by atoms with Gasteiger partial charge in [0.2, 0.25) is 0 Å². The Morgan fingerprint density at radius 3 is 2.68 bits per heavy atom. The Morgan fingerprint density at radius 2 is 2.11 bits per heavy atom. The predicted octanol–water partition coefficient (Wildman–Crippen LogP) is 4.12. The molecule has 1 saturated carbocycles. The summed E-state index contributed by atoms with van der Waals surface area (Å²) < 4.78 is 13.4. The fourth-order valence-corrected chi connectivity index (χ4v) is 3.23. The van der Waals surface area contributed by atoms with E-state index in [1.165, 1.54) is 31.0 Å². The van der Waals surface area contributed by atoms with Gasteiger partial charge in [-0.15, -0.1) is 11.6 Å². The molecule has 2 rings (SSSR count). The van der Waals surface area contributed by atoms with E-state index in [1.54, 1.807) is 0 Å². The summed E-state index contributed by atoms with van der Waals surface area (Å²) in [7, 11) is 0. The molecule has 0 unspecified atom stereocenters. The van der Waals surface area contributed by atoms with E-state index < -0.39 is 0 Å². The molecule has 0 heterocycles. The first-order valence-corrected chi connectivity index (χ1v) is 7.68. The molecule has 0 bridgehead atoms. The van der Waals surface area contributed by atoms with Gasteiger partial charge in [-0.2, -0.15) is 0 Å². The fourth-order valence-electron chi connectivity index (χ4n) is 2.49. The van der Waals surface area contributed by atoms with E-state index in [0.717, 1.165) is 12.8 Å². The summed E-state index contributed by atoms with van der Waals surface area (Å²) in [6, 6.07) is 4.26. The van der Waals surface area contributed by atoms with Gasteiger partial charge < -0.3 is 5.32 Å². The van der Waals surface area contributed by atoms with Crippen LogP contribution in [0.15, 0.2) is 22.7 Å². The fraction of sp³-hybridized carbons (Fsp3) is 0.500. The number of alkyl halides is 1. The topological polar surface area (TPSA) is 29.1 Å². The van der Waals surface area contributed by atoms with Crippen LogP contribution < -0.4 is 5.32 Å². The first-order chi connectivity index (χ1) is 9.06. The minimum atomic E-state index is -0.371. The molecular weight excluding hydrogens is 333 g/mol. The van der Waals surface area contributed by atoms with E-state index in [2.05, 4.69) is 21.2 Å². The zero-order chi connectivity index (χ0) is 13.9. The molecule has 1 N–H and O–H groups in total. The van der Waals surface area contributed by atoms with Crippen LogP contribution in [0.3, 0.4) is 0 Å². The second-order valence-electron chi connectivity index (χ2n) is 5.15. The molecule has 104 valence electrons. The van der Waals surface area contributed by atoms with Crippen LogP contribution in [0.4, 0.5) is 4.39 Å². The average molecular weight is 349 g/mol. The van der Waals surface area contributed by atoms with Gasteiger partial charge in [-0.3, -0.25) is 4.79 Å². The number of carbonyl (C=O) groups excluding carboxylic acids is 1. The van der Waals surface area contributed by atoms with Crippen LogP contribution in [-0.2, 0) is 0 Å². The van der Waals surface area contributed by atoms with Crippen LogP contribution in [0.2, 0.25) is 0 Å². The standard InChI is InChI=1S/C14H16BrClFNO/c15-11-7-10(3-4-12(11)17)13(19)18-9-14(8-16)5-1-2-6-14/h3-4,7H,1-2,5-6,8-9H2,(H,18,19). The van der Waals surface area contributed by atoms with Crippen molar-refractivity contribution in [3.8, 4) is 0 Å². The highest BCUT2D eigenvalue weighted by atomic mass is 79.9. The number of halogens is 3. The molecule has 1 aromatic carbocycles. The summed E-state index contributed by atoms with van der Waals surface area (Å²) in [5, 5.41) is 2.91. The number of rotatable bonds is 4. The van der Waals surface area contributed by atoms with Gasteiger partial charge in [-0.05, 0) is 47.0 Å². The zero-order valence-electron chi connectivity index (χ0n) is 10.5. The van der Waals surface area contributed by atoms with Crippen LogP contribution in [0.25, 0.3) is 0 Å². The number of hydrogen-bond acceptors (Lipinski definition) is 1. The molecule has 5 heteroatoms. The third-order valence-electron chi connectivity index (χ3n) is 3.75. The van der Waals surface area contributed by atoms with E-state index in [-0.39, 0.29) is 17.1 Å². The molecule has 1 aliphatic carbocycles. The second kappa shape index (κ2) is 6.23. The number of amides is 1. The number of nitrogens with one attached hydrogen (secondary N) is 1. The Balaban J connectivity index is 1.99. The van der Waals surface area contributed by atoms with E-state index in [0.29, 0.717) is 22.5 Å². The second-order valence-corrected chi connectivity index (χ2v) is 6.27. The van der Waals surface area contributed by atoms with E-state index in [4.69, 9.17) is 11.6 Å². The third-order valence-corrected chi connectivity index (χ3v) is 4.93. The first kappa shape index (κ1) is 14.8. The summed E-state index contributed by atoms with van der Waals surface area (Å²) in [6.07, 6.45) is 4.46. The lowest BCUT2D eigenvalue weighted by molar-refractivity contribution is 0.0935. The summed E-state index contributed by atoms with van der Waals surface area (Å²) in [4.78, 5) is 12.0. The van der Waals surface area contributed by atoms with E-state index in [9.17, 15) is 9.18 Å². The van der Waals surface area contributed by atoms with Gasteiger partial charge in [0.15, 0.2) is 0 Å². The number of carbonyl (C=O) groups is 1. The van der Waals surface area contributed by atoms with Crippen LogP contribution >= 0.6 is 27.5 Å². The Hall–Kier alpha value is -0.610. The first-order valence-electron chi connectivity index (χ1n) is 6.36. The maximum atomic E-state index is 13.1. The van der Waals surface area contributed by atoms with Gasteiger partial charge in [-0.1, -0.05) is 12.8 Å². The zero-order valence-corrected chi connectivity index (χ0v) is 12.9. The molecule has 0 aromatic heterocycles. The molecule has 0 atom stereocenters. The van der Waals surface area contributed by atoms with Gasteiger partial charge in [0.1, 0.15) is 5.82 Å². The lowest BCUT2D eigenvalue weighted by Gasteiger charge is -2.26. The summed E-state index contributed by atoms with van der Waals surface area (Å²) in [6.45, 7) is 0.588. The van der Waals surface area contributed by atoms with Crippen molar-refractivity contribution in [3.63, 3.8) is 0 Å². The maximum Gasteiger partial charge on any atom is 0.251 e. The molecule has 0 spiro atoms. The Labute approximate surface area is 125 Å². The van der Waals surface area contributed by atoms with Gasteiger partial charge >= 0.3 is 0 Å². The van der Waals surface area contributed by atoms with Gasteiger partial charge in [0.05, 0.1) is 4.47 Å². The smallest absolute Gasteiger partial charge is 0.251 e. The van der Waals surface area contributed by atoms with Crippen LogP contribution in [0, 0.1) is 11.2 Å². The highest BCUT2D eigenvalue weighted by molar-refractivity contribution is 9.10. The van der Waals surface area contributed by atoms with Crippen molar-refractivity contribution in [2.75, 3.05) is 12.4 Å². The Kier molecular flexibility index (Phi) is 4.85. The number of benzene rings is 1. The van der Waals surface area contributed by atoms with Gasteiger partial charge in [0.25, 0.3) is 5.91 Å². The lowest BCUT2D eigenvalue weighted by Crippen LogP contribution is -2.37. The predicted molar refractivity (Wildman–Crippen MR) is 78.1 cm³/mol. The normalized spacial score (nSPS) is 17.4. The van der Waals surface area contributed by atoms with E-state index >= 15 is 0 Å². The Morgan fingerprint density at radius 1 is 1.42 bits per heavy atom. The maximum absolute atomic E-state index is 13.1. The highest BCUT2D eigenvalue weighted by Crippen LogP contribution is 2.38. The van der Waals surface area contributed by atoms with Gasteiger partial charge in [-0.25, -0.2) is 4.39 Å². The van der Waals surface area contributed by atoms with Crippen molar-refractivity contribution in [2.24, 2.45) is 5.41 Å². The highest BCUT2D eigenvalue weighted by Gasteiger charge is 2.33. The van der Waals surface area contributed by atoms with E-state index in [1.807, 2.05) is 0 Å². The van der Waals surface area contributed by atoms with Crippen LogP contribution in [0.5, 0.6) is 0 Å². The largest absolute Gasteiger partial charge is 0.351 e. The molecule has 0 saturated heterocycles. The molecular formula is C14H16BrClFNO. The Bertz CT molecular complexity index is 475. The molecule has 1 fully saturated rings. The van der Waals surface area contributed by atoms with Crippen molar-refractivity contribution in [2.45, 2.75) is 25.7 Å². The third kappa shape index (κ3) is 3.48. The number of hydrogen-bond donors (Lipinski definition) is 1. The molecule has 1 amide bonds. The molecule has 0 radical (unpaired) electrons. The molecule has 1 aliphatic rings. The minimum Gasteiger partial charge on any atom is -0.351 e. The van der Waals surface area contributed by atoms with Gasteiger partial charge in [0, 0.05) is 23.4 Å². The van der Waals surface area contributed by atoms with Crippen LogP contribution in [0.1, 0.15) is 36.0 Å². The average Bonchev–Trinajstić information content (AvgIpc) is 2.89. The van der Waals surface area contributed by atoms with Crippen molar-refractivity contribution in [1.29, 1.82) is 0 Å². The molecule has 0 aliphatic heterocycles. The summed E-state index contributed by atoms with van der Waals surface area (Å²) >= 11 is 9.11. The molecule has 19 heavy (non-hydrogen) atoms. The SMILES string of the molecule is O=C(NCC1(CCl)CCCC1)c1ccc(F)c(Br)c1. The van der Waals surface area contributed by atoms with Crippen LogP contribution in [-0.4, -0.2) is 18.3 Å². The van der Waals surface area contributed by atoms with Crippen molar-refractivity contribution >= 4 is 33.4 Å². The van der Waals surface area contributed by atoms with Crippen molar-refractivity contribution in [1.82, 2.24) is 5.32 Å². The summed E-state index contributed by atoms with van der Waals surface area (Å²) in [5.74, 6) is 0.0158. The molecule has 1 aromatic rings. The molecule has 2 nitrogen and oxygen atoms in total. The minimum absolute atomic E-state index is 0.0362. The summed E-state index contributed by atoms with van der Waals surface area (Å²) in [5.41, 5.74) is 0.491. The monoisotopic (exact) mass is 347 g/mol. The quantitative estimate of drug-likeness (QED) is 0.815. The van der Waals surface area contributed by atoms with Crippen molar-refractivity contribution in [3.05, 3.63) is 34.1 Å². The lowest BCUT2D eigenvalue weighted by atomic mass is 9.88. The van der Waals surface area contributed by atoms with Crippen molar-refractivity contribution < 1.29 is 9.18 Å².